The summed E-state index contributed by atoms with van der Waals surface area (Å²) < 4.78 is 0. The molecular formula is C19H28N4O3. The van der Waals surface area contributed by atoms with Crippen LogP contribution >= 0.6 is 0 Å². The zero-order valence-corrected chi connectivity index (χ0v) is 16.1. The molecule has 0 saturated heterocycles. The van der Waals surface area contributed by atoms with Crippen molar-refractivity contribution >= 4 is 23.4 Å². The largest absolute Gasteiger partial charge is 0.348 e. The number of nitrogens with zero attached hydrogens (tertiary/aromatic N) is 2. The molecule has 7 nitrogen and oxygen atoms in total. The molecule has 26 heavy (non-hydrogen) atoms. The molecule has 1 aliphatic heterocycles. The standard InChI is InChI=1S/C19H28N4O3/c1-12(2)23-15-8-7-13(3)11-14(15)16(19(23)26)21-18(25)17(24)20-9-6-10-22(4)5/h7-8,11-12,16H,6,9-10H2,1-5H3,(H,20,24)(H,21,25). The van der Waals surface area contributed by atoms with Crippen LogP contribution in [0.2, 0.25) is 0 Å². The second kappa shape index (κ2) is 8.31. The highest BCUT2D eigenvalue weighted by molar-refractivity contribution is 6.35. The van der Waals surface area contributed by atoms with Gasteiger partial charge in [0.2, 0.25) is 0 Å². The molecule has 7 heteroatoms. The van der Waals surface area contributed by atoms with Crippen molar-refractivity contribution in [3.8, 4) is 0 Å². The van der Waals surface area contributed by atoms with Gasteiger partial charge in [0.15, 0.2) is 0 Å². The van der Waals surface area contributed by atoms with E-state index in [4.69, 9.17) is 0 Å². The minimum absolute atomic E-state index is 0.0364. The molecule has 142 valence electrons. The van der Waals surface area contributed by atoms with Gasteiger partial charge in [0.25, 0.3) is 5.91 Å². The summed E-state index contributed by atoms with van der Waals surface area (Å²) in [6, 6.07) is 4.84. The highest BCUT2D eigenvalue weighted by Gasteiger charge is 2.40. The molecule has 0 saturated carbocycles. The predicted octanol–water partition coefficient (Wildman–Crippen LogP) is 0.975. The number of amides is 3. The van der Waals surface area contributed by atoms with Gasteiger partial charge in [0.1, 0.15) is 6.04 Å². The molecule has 1 aromatic rings. The van der Waals surface area contributed by atoms with E-state index in [1.54, 1.807) is 4.90 Å². The first-order valence-electron chi connectivity index (χ1n) is 8.89. The number of carbonyl (C=O) groups excluding carboxylic acids is 3. The Morgan fingerprint density at radius 2 is 1.92 bits per heavy atom. The molecule has 0 radical (unpaired) electrons. The lowest BCUT2D eigenvalue weighted by Crippen LogP contribution is -2.45. The number of carbonyl (C=O) groups is 3. The minimum Gasteiger partial charge on any atom is -0.348 e. The van der Waals surface area contributed by atoms with Crippen LogP contribution in [0, 0.1) is 6.92 Å². The van der Waals surface area contributed by atoms with Gasteiger partial charge in [-0.2, -0.15) is 0 Å². The monoisotopic (exact) mass is 360 g/mol. The number of fused-ring (bicyclic) bond motifs is 1. The Bertz CT molecular complexity index is 700. The van der Waals surface area contributed by atoms with E-state index < -0.39 is 17.9 Å². The van der Waals surface area contributed by atoms with Crippen molar-refractivity contribution in [2.24, 2.45) is 0 Å². The van der Waals surface area contributed by atoms with Crippen LogP contribution in [0.5, 0.6) is 0 Å². The van der Waals surface area contributed by atoms with Gasteiger partial charge >= 0.3 is 11.8 Å². The van der Waals surface area contributed by atoms with Crippen molar-refractivity contribution in [1.29, 1.82) is 0 Å². The van der Waals surface area contributed by atoms with Crippen LogP contribution < -0.4 is 15.5 Å². The third-order valence-corrected chi connectivity index (χ3v) is 4.30. The molecule has 1 unspecified atom stereocenters. The van der Waals surface area contributed by atoms with Gasteiger partial charge < -0.3 is 20.4 Å². The van der Waals surface area contributed by atoms with Gasteiger partial charge in [0.05, 0.1) is 0 Å². The Morgan fingerprint density at radius 3 is 2.54 bits per heavy atom. The van der Waals surface area contributed by atoms with Gasteiger partial charge in [0, 0.05) is 23.8 Å². The SMILES string of the molecule is Cc1ccc2c(c1)C(NC(=O)C(=O)NCCCN(C)C)C(=O)N2C(C)C. The lowest BCUT2D eigenvalue weighted by molar-refractivity contribution is -0.140. The molecule has 1 heterocycles. The molecule has 1 aliphatic rings. The Morgan fingerprint density at radius 1 is 1.23 bits per heavy atom. The summed E-state index contributed by atoms with van der Waals surface area (Å²) in [5.41, 5.74) is 2.51. The van der Waals surface area contributed by atoms with E-state index in [0.29, 0.717) is 6.54 Å². The molecule has 3 amide bonds. The summed E-state index contributed by atoms with van der Waals surface area (Å²) in [4.78, 5) is 40.7. The number of hydrogen-bond donors (Lipinski definition) is 2. The molecule has 0 aromatic heterocycles. The molecule has 0 fully saturated rings. The van der Waals surface area contributed by atoms with Crippen LogP contribution in [0.4, 0.5) is 5.69 Å². The average Bonchev–Trinajstić information content (AvgIpc) is 2.83. The number of benzene rings is 1. The maximum atomic E-state index is 12.8. The summed E-state index contributed by atoms with van der Waals surface area (Å²) in [6.45, 7) is 7.00. The van der Waals surface area contributed by atoms with E-state index in [9.17, 15) is 14.4 Å². The van der Waals surface area contributed by atoms with Gasteiger partial charge in [-0.1, -0.05) is 17.7 Å². The lowest BCUT2D eigenvalue weighted by atomic mass is 10.1. The molecule has 0 spiro atoms. The topological polar surface area (TPSA) is 81.8 Å². The Labute approximate surface area is 154 Å². The lowest BCUT2D eigenvalue weighted by Gasteiger charge is -2.22. The fourth-order valence-corrected chi connectivity index (χ4v) is 3.06. The highest BCUT2D eigenvalue weighted by atomic mass is 16.2. The van der Waals surface area contributed by atoms with Crippen molar-refractivity contribution in [1.82, 2.24) is 15.5 Å². The average molecular weight is 360 g/mol. The first-order chi connectivity index (χ1) is 12.2. The second-order valence-electron chi connectivity index (χ2n) is 7.18. The first-order valence-corrected chi connectivity index (χ1v) is 8.89. The summed E-state index contributed by atoms with van der Waals surface area (Å²) in [6.07, 6.45) is 0.748. The normalized spacial score (nSPS) is 16.2. The van der Waals surface area contributed by atoms with Crippen molar-refractivity contribution in [3.63, 3.8) is 0 Å². The van der Waals surface area contributed by atoms with Gasteiger partial charge in [-0.05, 0) is 53.9 Å². The highest BCUT2D eigenvalue weighted by Crippen LogP contribution is 2.37. The zero-order chi connectivity index (χ0) is 19.4. The Hall–Kier alpha value is -2.41. The van der Waals surface area contributed by atoms with Crippen molar-refractivity contribution in [3.05, 3.63) is 29.3 Å². The van der Waals surface area contributed by atoms with Crippen molar-refractivity contribution in [2.45, 2.75) is 39.3 Å². The molecule has 1 atom stereocenters. The summed E-state index contributed by atoms with van der Waals surface area (Å²) in [5.74, 6) is -1.71. The van der Waals surface area contributed by atoms with E-state index in [1.807, 2.05) is 58.0 Å². The quantitative estimate of drug-likeness (QED) is 0.585. The molecule has 1 aromatic carbocycles. The molecule has 0 aliphatic carbocycles. The van der Waals surface area contributed by atoms with E-state index >= 15 is 0 Å². The predicted molar refractivity (Wildman–Crippen MR) is 101 cm³/mol. The molecule has 2 rings (SSSR count). The number of nitrogens with one attached hydrogen (secondary N) is 2. The first kappa shape index (κ1) is 19.9. The Kier molecular flexibility index (Phi) is 6.37. The van der Waals surface area contributed by atoms with Gasteiger partial charge in [-0.25, -0.2) is 0 Å². The number of hydrogen-bond acceptors (Lipinski definition) is 4. The molecule has 0 bridgehead atoms. The van der Waals surface area contributed by atoms with E-state index in [1.165, 1.54) is 0 Å². The maximum absolute atomic E-state index is 12.8. The second-order valence-corrected chi connectivity index (χ2v) is 7.18. The van der Waals surface area contributed by atoms with Gasteiger partial charge in [-0.3, -0.25) is 14.4 Å². The maximum Gasteiger partial charge on any atom is 0.310 e. The number of aryl methyl sites for hydroxylation is 1. The molecule has 2 N–H and O–H groups in total. The van der Waals surface area contributed by atoms with Gasteiger partial charge in [-0.15, -0.1) is 0 Å². The molecular weight excluding hydrogens is 332 g/mol. The van der Waals surface area contributed by atoms with Crippen LogP contribution in [0.1, 0.15) is 37.4 Å². The van der Waals surface area contributed by atoms with Crippen LogP contribution in [0.25, 0.3) is 0 Å². The smallest absolute Gasteiger partial charge is 0.310 e. The summed E-state index contributed by atoms with van der Waals surface area (Å²) in [7, 11) is 3.89. The van der Waals surface area contributed by atoms with E-state index in [2.05, 4.69) is 10.6 Å². The Balaban J connectivity index is 2.07. The number of rotatable bonds is 6. The van der Waals surface area contributed by atoms with Crippen LogP contribution in [0.15, 0.2) is 18.2 Å². The fourth-order valence-electron chi connectivity index (χ4n) is 3.06. The fraction of sp³-hybridized carbons (Fsp3) is 0.526. The van der Waals surface area contributed by atoms with Crippen molar-refractivity contribution < 1.29 is 14.4 Å². The van der Waals surface area contributed by atoms with Crippen LogP contribution in [-0.4, -0.2) is 55.8 Å². The third kappa shape index (κ3) is 4.40. The third-order valence-electron chi connectivity index (χ3n) is 4.30. The minimum atomic E-state index is -0.827. The van der Waals surface area contributed by atoms with Crippen LogP contribution in [-0.2, 0) is 14.4 Å². The summed E-state index contributed by atoms with van der Waals surface area (Å²) >= 11 is 0. The summed E-state index contributed by atoms with van der Waals surface area (Å²) in [5, 5.41) is 5.19. The van der Waals surface area contributed by atoms with E-state index in [0.717, 1.165) is 29.8 Å². The number of anilines is 1. The van der Waals surface area contributed by atoms with E-state index in [-0.39, 0.29) is 11.9 Å². The van der Waals surface area contributed by atoms with Crippen LogP contribution in [0.3, 0.4) is 0 Å². The zero-order valence-electron chi connectivity index (χ0n) is 16.1. The van der Waals surface area contributed by atoms with Crippen molar-refractivity contribution in [2.75, 3.05) is 32.1 Å².